The molecule has 0 aromatic heterocycles. The van der Waals surface area contributed by atoms with Gasteiger partial charge in [0.2, 0.25) is 5.91 Å². The van der Waals surface area contributed by atoms with Crippen LogP contribution < -0.4 is 5.32 Å². The maximum atomic E-state index is 11.3. The lowest BCUT2D eigenvalue weighted by atomic mass is 9.73. The van der Waals surface area contributed by atoms with Crippen LogP contribution in [0.4, 0.5) is 0 Å². The summed E-state index contributed by atoms with van der Waals surface area (Å²) in [6, 6.07) is 0.368. The van der Waals surface area contributed by atoms with Crippen molar-refractivity contribution >= 4 is 5.91 Å². The molecule has 0 aliphatic carbocycles. The molecule has 1 amide bonds. The molecule has 1 N–H and O–H groups in total. The Kier molecular flexibility index (Phi) is 2.69. The summed E-state index contributed by atoms with van der Waals surface area (Å²) in [6.07, 6.45) is 0.701. The maximum absolute atomic E-state index is 11.3. The Balaban J connectivity index is 2.78. The van der Waals surface area contributed by atoms with Gasteiger partial charge in [-0.1, -0.05) is 34.6 Å². The molecule has 0 bridgehead atoms. The maximum Gasteiger partial charge on any atom is 0.220 e. The van der Waals surface area contributed by atoms with Gasteiger partial charge in [0.1, 0.15) is 0 Å². The first-order valence-electron chi connectivity index (χ1n) is 5.11. The van der Waals surface area contributed by atoms with Crippen LogP contribution in [0.25, 0.3) is 0 Å². The summed E-state index contributed by atoms with van der Waals surface area (Å²) in [5, 5.41) is 3.07. The predicted molar refractivity (Wildman–Crippen MR) is 54.3 cm³/mol. The third-order valence-electron chi connectivity index (χ3n) is 3.00. The van der Waals surface area contributed by atoms with Crippen LogP contribution in [0, 0.1) is 17.3 Å². The van der Waals surface area contributed by atoms with Crippen molar-refractivity contribution in [2.75, 3.05) is 0 Å². The molecule has 2 heteroatoms. The average Bonchev–Trinajstić information content (AvgIpc) is 2.29. The number of hydrogen-bond donors (Lipinski definition) is 1. The molecule has 1 saturated heterocycles. The van der Waals surface area contributed by atoms with Crippen molar-refractivity contribution in [1.29, 1.82) is 0 Å². The van der Waals surface area contributed by atoms with E-state index in [0.29, 0.717) is 24.3 Å². The van der Waals surface area contributed by atoms with E-state index >= 15 is 0 Å². The highest BCUT2D eigenvalue weighted by atomic mass is 16.2. The molecule has 1 heterocycles. The first-order valence-corrected chi connectivity index (χ1v) is 5.11. The minimum atomic E-state index is 0.221. The normalized spacial score (nSPS) is 29.5. The van der Waals surface area contributed by atoms with Gasteiger partial charge in [0, 0.05) is 12.5 Å². The summed E-state index contributed by atoms with van der Waals surface area (Å²) in [6.45, 7) is 11.0. The van der Waals surface area contributed by atoms with E-state index in [0.717, 1.165) is 0 Å². The molecule has 0 unspecified atom stereocenters. The lowest BCUT2D eigenvalue weighted by molar-refractivity contribution is -0.119. The fourth-order valence-corrected chi connectivity index (χ4v) is 2.15. The molecule has 0 saturated carbocycles. The predicted octanol–water partition coefficient (Wildman–Crippen LogP) is 2.19. The SMILES string of the molecule is CC(C)[C@@H]1NC(=O)C[C@@H]1C(C)(C)C. The van der Waals surface area contributed by atoms with E-state index in [9.17, 15) is 4.79 Å². The van der Waals surface area contributed by atoms with Crippen LogP contribution in [0.15, 0.2) is 0 Å². The molecular weight excluding hydrogens is 162 g/mol. The molecule has 1 aliphatic rings. The van der Waals surface area contributed by atoms with Crippen LogP contribution in [-0.4, -0.2) is 11.9 Å². The molecule has 2 nitrogen and oxygen atoms in total. The van der Waals surface area contributed by atoms with Crippen LogP contribution in [0.2, 0.25) is 0 Å². The highest BCUT2D eigenvalue weighted by Crippen LogP contribution is 2.37. The number of hydrogen-bond acceptors (Lipinski definition) is 1. The fraction of sp³-hybridized carbons (Fsp3) is 0.909. The van der Waals surface area contributed by atoms with Crippen LogP contribution in [0.1, 0.15) is 41.0 Å². The van der Waals surface area contributed by atoms with Crippen molar-refractivity contribution in [3.8, 4) is 0 Å². The summed E-state index contributed by atoms with van der Waals surface area (Å²) < 4.78 is 0. The number of carbonyl (C=O) groups is 1. The zero-order valence-electron chi connectivity index (χ0n) is 9.35. The molecule has 1 rings (SSSR count). The number of carbonyl (C=O) groups excluding carboxylic acids is 1. The molecule has 0 spiro atoms. The van der Waals surface area contributed by atoms with Gasteiger partial charge in [0.05, 0.1) is 0 Å². The Labute approximate surface area is 81.1 Å². The topological polar surface area (TPSA) is 29.1 Å². The lowest BCUT2D eigenvalue weighted by Crippen LogP contribution is -2.38. The van der Waals surface area contributed by atoms with Crippen LogP contribution in [0.5, 0.6) is 0 Å². The second kappa shape index (κ2) is 3.32. The monoisotopic (exact) mass is 183 g/mol. The second-order valence-electron chi connectivity index (χ2n) is 5.51. The van der Waals surface area contributed by atoms with Crippen molar-refractivity contribution in [3.63, 3.8) is 0 Å². The Bertz CT molecular complexity index is 203. The Hall–Kier alpha value is -0.530. The van der Waals surface area contributed by atoms with Crippen molar-refractivity contribution in [3.05, 3.63) is 0 Å². The minimum absolute atomic E-state index is 0.221. The third kappa shape index (κ3) is 2.23. The van der Waals surface area contributed by atoms with Crippen LogP contribution in [-0.2, 0) is 4.79 Å². The van der Waals surface area contributed by atoms with Crippen molar-refractivity contribution in [2.45, 2.75) is 47.1 Å². The van der Waals surface area contributed by atoms with Crippen LogP contribution in [0.3, 0.4) is 0 Å². The lowest BCUT2D eigenvalue weighted by Gasteiger charge is -2.33. The number of amides is 1. The van der Waals surface area contributed by atoms with Gasteiger partial charge in [-0.2, -0.15) is 0 Å². The molecule has 2 atom stereocenters. The van der Waals surface area contributed by atoms with Crippen molar-refractivity contribution < 1.29 is 4.79 Å². The van der Waals surface area contributed by atoms with Gasteiger partial charge >= 0.3 is 0 Å². The summed E-state index contributed by atoms with van der Waals surface area (Å²) in [7, 11) is 0. The standard InChI is InChI=1S/C11H21NO/c1-7(2)10-8(11(3,4)5)6-9(13)12-10/h7-8,10H,6H2,1-5H3,(H,12,13)/t8-,10-/m0/s1. The van der Waals surface area contributed by atoms with Gasteiger partial charge in [-0.05, 0) is 17.3 Å². The van der Waals surface area contributed by atoms with E-state index in [1.165, 1.54) is 0 Å². The molecule has 13 heavy (non-hydrogen) atoms. The molecule has 1 aliphatic heterocycles. The quantitative estimate of drug-likeness (QED) is 0.663. The molecule has 76 valence electrons. The van der Waals surface area contributed by atoms with E-state index in [1.807, 2.05) is 0 Å². The van der Waals surface area contributed by atoms with Gasteiger partial charge in [0.15, 0.2) is 0 Å². The highest BCUT2D eigenvalue weighted by molar-refractivity contribution is 5.79. The summed E-state index contributed by atoms with van der Waals surface area (Å²) in [5.41, 5.74) is 0.230. The molecule has 1 fully saturated rings. The number of nitrogens with one attached hydrogen (secondary N) is 1. The fourth-order valence-electron chi connectivity index (χ4n) is 2.15. The van der Waals surface area contributed by atoms with E-state index in [1.54, 1.807) is 0 Å². The van der Waals surface area contributed by atoms with E-state index in [2.05, 4.69) is 39.9 Å². The second-order valence-corrected chi connectivity index (χ2v) is 5.51. The van der Waals surface area contributed by atoms with Crippen molar-refractivity contribution in [2.24, 2.45) is 17.3 Å². The molecule has 0 radical (unpaired) electrons. The van der Waals surface area contributed by atoms with E-state index < -0.39 is 0 Å². The Morgan fingerprint density at radius 1 is 1.38 bits per heavy atom. The molecular formula is C11H21NO. The highest BCUT2D eigenvalue weighted by Gasteiger charge is 2.40. The zero-order chi connectivity index (χ0) is 10.2. The van der Waals surface area contributed by atoms with Gasteiger partial charge < -0.3 is 5.32 Å². The van der Waals surface area contributed by atoms with Crippen LogP contribution >= 0.6 is 0 Å². The van der Waals surface area contributed by atoms with Gasteiger partial charge in [-0.15, -0.1) is 0 Å². The summed E-state index contributed by atoms with van der Waals surface area (Å²) >= 11 is 0. The van der Waals surface area contributed by atoms with E-state index in [-0.39, 0.29) is 11.3 Å². The van der Waals surface area contributed by atoms with Gasteiger partial charge in [0.25, 0.3) is 0 Å². The summed E-state index contributed by atoms with van der Waals surface area (Å²) in [4.78, 5) is 11.3. The zero-order valence-corrected chi connectivity index (χ0v) is 9.35. The minimum Gasteiger partial charge on any atom is -0.353 e. The molecule has 0 aromatic rings. The summed E-state index contributed by atoms with van der Waals surface area (Å²) in [5.74, 6) is 1.24. The van der Waals surface area contributed by atoms with Gasteiger partial charge in [-0.3, -0.25) is 4.79 Å². The smallest absolute Gasteiger partial charge is 0.220 e. The molecule has 0 aromatic carbocycles. The first kappa shape index (κ1) is 10.6. The van der Waals surface area contributed by atoms with Crippen molar-refractivity contribution in [1.82, 2.24) is 5.32 Å². The Morgan fingerprint density at radius 2 is 1.92 bits per heavy atom. The average molecular weight is 183 g/mol. The van der Waals surface area contributed by atoms with Gasteiger partial charge in [-0.25, -0.2) is 0 Å². The largest absolute Gasteiger partial charge is 0.353 e. The Morgan fingerprint density at radius 3 is 2.23 bits per heavy atom. The van der Waals surface area contributed by atoms with E-state index in [4.69, 9.17) is 0 Å². The first-order chi connectivity index (χ1) is 5.82. The third-order valence-corrected chi connectivity index (χ3v) is 3.00. The number of rotatable bonds is 1.